The molecule has 0 aromatic carbocycles. The molecule has 0 amide bonds. The molecule has 186 valence electrons. The molecule has 8 heteroatoms. The lowest BCUT2D eigenvalue weighted by atomic mass is 9.95. The van der Waals surface area contributed by atoms with Crippen molar-refractivity contribution in [1.29, 1.82) is 0 Å². The fraction of sp³-hybridized carbons (Fsp3) is 0.464. The van der Waals surface area contributed by atoms with E-state index in [1.165, 1.54) is 16.7 Å². The molecule has 2 bridgehead atoms. The van der Waals surface area contributed by atoms with E-state index in [-0.39, 0.29) is 0 Å². The zero-order valence-corrected chi connectivity index (χ0v) is 21.5. The lowest BCUT2D eigenvalue weighted by Gasteiger charge is -2.37. The van der Waals surface area contributed by atoms with Gasteiger partial charge in [0.1, 0.15) is 12.1 Å². The van der Waals surface area contributed by atoms with Crippen LogP contribution < -0.4 is 4.90 Å². The Balaban J connectivity index is 1.29. The van der Waals surface area contributed by atoms with Crippen LogP contribution >= 0.6 is 0 Å². The molecule has 0 spiro atoms. The molecule has 1 N–H and O–H groups in total. The highest BCUT2D eigenvalue weighted by molar-refractivity contribution is 5.90. The summed E-state index contributed by atoms with van der Waals surface area (Å²) in [7, 11) is 0. The number of aromatic amines is 1. The number of rotatable bonds is 4. The van der Waals surface area contributed by atoms with Gasteiger partial charge in [-0.15, -0.1) is 0 Å². The minimum Gasteiger partial charge on any atom is -0.380 e. The topological polar surface area (TPSA) is 74.6 Å². The summed E-state index contributed by atoms with van der Waals surface area (Å²) < 4.78 is 7.55. The van der Waals surface area contributed by atoms with E-state index in [2.05, 4.69) is 77.5 Å². The Morgan fingerprint density at radius 1 is 1.14 bits per heavy atom. The van der Waals surface area contributed by atoms with Crippen molar-refractivity contribution in [3.8, 4) is 11.3 Å². The summed E-state index contributed by atoms with van der Waals surface area (Å²) in [4.78, 5) is 18.5. The Morgan fingerprint density at radius 3 is 2.72 bits per heavy atom. The zero-order chi connectivity index (χ0) is 24.7. The second-order valence-corrected chi connectivity index (χ2v) is 10.9. The first-order valence-corrected chi connectivity index (χ1v) is 13.0. The van der Waals surface area contributed by atoms with E-state index >= 15 is 0 Å². The maximum absolute atomic E-state index is 5.67. The third kappa shape index (κ3) is 3.04. The van der Waals surface area contributed by atoms with Gasteiger partial charge in [0.25, 0.3) is 0 Å². The molecule has 4 aromatic rings. The Bertz CT molecular complexity index is 1510. The Labute approximate surface area is 211 Å². The number of piperazine rings is 1. The number of nitrogens with one attached hydrogen (secondary N) is 1. The Hall–Kier alpha value is -3.23. The van der Waals surface area contributed by atoms with Gasteiger partial charge >= 0.3 is 0 Å². The van der Waals surface area contributed by atoms with E-state index in [0.29, 0.717) is 24.0 Å². The van der Waals surface area contributed by atoms with Gasteiger partial charge in [-0.2, -0.15) is 5.10 Å². The highest BCUT2D eigenvalue weighted by Crippen LogP contribution is 2.42. The predicted molar refractivity (Wildman–Crippen MR) is 142 cm³/mol. The van der Waals surface area contributed by atoms with Crippen LogP contribution in [0.3, 0.4) is 0 Å². The van der Waals surface area contributed by atoms with Gasteiger partial charge in [0.2, 0.25) is 0 Å². The van der Waals surface area contributed by atoms with Gasteiger partial charge in [-0.05, 0) is 55.0 Å². The van der Waals surface area contributed by atoms with Crippen molar-refractivity contribution in [2.45, 2.75) is 58.2 Å². The number of fused-ring (bicyclic) bond motifs is 4. The molecule has 4 aromatic heterocycles. The molecular formula is C28H33N7O. The van der Waals surface area contributed by atoms with Crippen molar-refractivity contribution in [3.63, 3.8) is 0 Å². The quantitative estimate of drug-likeness (QED) is 0.438. The number of pyridine rings is 2. The summed E-state index contributed by atoms with van der Waals surface area (Å²) >= 11 is 0. The molecule has 3 aliphatic heterocycles. The van der Waals surface area contributed by atoms with Gasteiger partial charge < -0.3 is 14.6 Å². The highest BCUT2D eigenvalue weighted by Gasteiger charge is 2.49. The van der Waals surface area contributed by atoms with Crippen molar-refractivity contribution in [2.75, 3.05) is 31.2 Å². The number of hydrogen-bond acceptors (Lipinski definition) is 6. The van der Waals surface area contributed by atoms with E-state index in [4.69, 9.17) is 9.72 Å². The second-order valence-electron chi connectivity index (χ2n) is 10.9. The first-order chi connectivity index (χ1) is 17.4. The van der Waals surface area contributed by atoms with Gasteiger partial charge in [-0.25, -0.2) is 14.5 Å². The van der Waals surface area contributed by atoms with Crippen molar-refractivity contribution < 1.29 is 4.74 Å². The number of hydrogen-bond donors (Lipinski definition) is 1. The molecule has 3 atom stereocenters. The Kier molecular flexibility index (Phi) is 4.82. The zero-order valence-electron chi connectivity index (χ0n) is 21.5. The van der Waals surface area contributed by atoms with Gasteiger partial charge in [0.15, 0.2) is 5.65 Å². The molecule has 36 heavy (non-hydrogen) atoms. The number of aryl methyl sites for hydroxylation is 1. The number of anilines is 1. The number of ether oxygens (including phenoxy) is 1. The molecule has 7 rings (SSSR count). The molecule has 0 saturated carbocycles. The molecular weight excluding hydrogens is 450 g/mol. The molecule has 1 unspecified atom stereocenters. The monoisotopic (exact) mass is 483 g/mol. The summed E-state index contributed by atoms with van der Waals surface area (Å²) in [5, 5.41) is 4.41. The fourth-order valence-corrected chi connectivity index (χ4v) is 6.62. The molecule has 0 radical (unpaired) electrons. The minimum absolute atomic E-state index is 0.311. The van der Waals surface area contributed by atoms with E-state index in [1.807, 2.05) is 4.52 Å². The molecule has 7 heterocycles. The van der Waals surface area contributed by atoms with Crippen LogP contribution in [-0.2, 0) is 4.74 Å². The average Bonchev–Trinajstić information content (AvgIpc) is 3.69. The number of aromatic nitrogens is 5. The lowest BCUT2D eigenvalue weighted by molar-refractivity contribution is 0.132. The average molecular weight is 484 g/mol. The lowest BCUT2D eigenvalue weighted by Crippen LogP contribution is -2.50. The smallest absolute Gasteiger partial charge is 0.158 e. The maximum atomic E-state index is 5.67. The van der Waals surface area contributed by atoms with Crippen LogP contribution in [0.2, 0.25) is 0 Å². The number of nitrogens with zero attached hydrogens (tertiary/aromatic N) is 6. The van der Waals surface area contributed by atoms with Crippen LogP contribution in [0.1, 0.15) is 42.9 Å². The molecule has 0 aliphatic carbocycles. The third-order valence-electron chi connectivity index (χ3n) is 8.69. The maximum Gasteiger partial charge on any atom is 0.158 e. The summed E-state index contributed by atoms with van der Waals surface area (Å²) in [6.45, 7) is 17.0. The van der Waals surface area contributed by atoms with E-state index in [1.54, 1.807) is 6.33 Å². The van der Waals surface area contributed by atoms with Crippen LogP contribution in [0, 0.1) is 13.8 Å². The normalized spacial score (nSPS) is 24.4. The van der Waals surface area contributed by atoms with Gasteiger partial charge in [-0.3, -0.25) is 4.90 Å². The fourth-order valence-electron chi connectivity index (χ4n) is 6.62. The number of H-pyrrole nitrogens is 1. The molecule has 3 saturated heterocycles. The first-order valence-electron chi connectivity index (χ1n) is 13.0. The van der Waals surface area contributed by atoms with Gasteiger partial charge in [-0.1, -0.05) is 20.4 Å². The van der Waals surface area contributed by atoms with E-state index in [0.717, 1.165) is 72.0 Å². The van der Waals surface area contributed by atoms with Crippen LogP contribution in [0.4, 0.5) is 5.82 Å². The summed E-state index contributed by atoms with van der Waals surface area (Å²) in [5.41, 5.74) is 10.3. The highest BCUT2D eigenvalue weighted by atomic mass is 16.5. The van der Waals surface area contributed by atoms with Crippen LogP contribution in [-0.4, -0.2) is 73.9 Å². The summed E-state index contributed by atoms with van der Waals surface area (Å²) in [5.74, 6) is 1.36. The van der Waals surface area contributed by atoms with Gasteiger partial charge in [0, 0.05) is 43.1 Å². The molecule has 3 fully saturated rings. The largest absolute Gasteiger partial charge is 0.380 e. The predicted octanol–water partition coefficient (Wildman–Crippen LogP) is 4.23. The van der Waals surface area contributed by atoms with Crippen molar-refractivity contribution >= 4 is 22.5 Å². The molecule has 8 nitrogen and oxygen atoms in total. The van der Waals surface area contributed by atoms with Crippen molar-refractivity contribution in [3.05, 3.63) is 53.5 Å². The van der Waals surface area contributed by atoms with Crippen LogP contribution in [0.5, 0.6) is 0 Å². The van der Waals surface area contributed by atoms with Crippen LogP contribution in [0.15, 0.2) is 36.8 Å². The Morgan fingerprint density at radius 2 is 2.00 bits per heavy atom. The van der Waals surface area contributed by atoms with Gasteiger partial charge in [0.05, 0.1) is 35.4 Å². The van der Waals surface area contributed by atoms with Crippen molar-refractivity contribution in [1.82, 2.24) is 29.5 Å². The van der Waals surface area contributed by atoms with Crippen LogP contribution in [0.25, 0.3) is 27.9 Å². The summed E-state index contributed by atoms with van der Waals surface area (Å²) in [6.07, 6.45) is 4.84. The molecule has 3 aliphatic rings. The second kappa shape index (κ2) is 7.88. The third-order valence-corrected chi connectivity index (χ3v) is 8.69. The first kappa shape index (κ1) is 22.0. The number of likely N-dealkylation sites (tertiary alicyclic amines) is 1. The minimum atomic E-state index is 0.311. The summed E-state index contributed by atoms with van der Waals surface area (Å²) in [6, 6.07) is 5.61. The SMILES string of the molecule is C=C1[C@@H]2CN(C3CCOC3)[C@H]1CN2c1ccc2[nH]c(-c3cn4ncnc4c(C)c3C)c(C(C)C)c2n1. The van der Waals surface area contributed by atoms with E-state index < -0.39 is 0 Å². The standard InChI is InChI=1S/C28H33N7O/c1-15(2)25-26(20-10-35-28(29-14-30-35)17(4)16(20)3)31-21-6-7-24(32-27(21)25)34-12-22-18(5)23(34)11-33(22)19-8-9-36-13-19/h6-7,10,14-15,19,22-23,31H,5,8-9,11-13H2,1-4H3/t19?,22-,23-/m0/s1. The van der Waals surface area contributed by atoms with Crippen molar-refractivity contribution in [2.24, 2.45) is 0 Å². The van der Waals surface area contributed by atoms with E-state index in [9.17, 15) is 0 Å².